The number of rotatable bonds is 5. The fourth-order valence-corrected chi connectivity index (χ4v) is 5.53. The smallest absolute Gasteiger partial charge is 0.234 e. The van der Waals surface area contributed by atoms with Gasteiger partial charge in [0.15, 0.2) is 5.17 Å². The number of anilines is 1. The fourth-order valence-electron chi connectivity index (χ4n) is 4.58. The summed E-state index contributed by atoms with van der Waals surface area (Å²) in [6.07, 6.45) is 5.01. The summed E-state index contributed by atoms with van der Waals surface area (Å²) in [6, 6.07) is 12.2. The van der Waals surface area contributed by atoms with Crippen LogP contribution in [-0.4, -0.2) is 46.1 Å². The summed E-state index contributed by atoms with van der Waals surface area (Å²) in [6.45, 7) is 4.28. The van der Waals surface area contributed by atoms with Gasteiger partial charge in [-0.25, -0.2) is 5.43 Å². The van der Waals surface area contributed by atoms with Crippen molar-refractivity contribution in [2.45, 2.75) is 38.5 Å². The van der Waals surface area contributed by atoms with Crippen LogP contribution in [0.2, 0.25) is 5.02 Å². The van der Waals surface area contributed by atoms with Gasteiger partial charge >= 0.3 is 0 Å². The Kier molecular flexibility index (Phi) is 6.33. The van der Waals surface area contributed by atoms with Crippen molar-refractivity contribution in [1.29, 1.82) is 0 Å². The van der Waals surface area contributed by atoms with E-state index in [1.807, 2.05) is 12.4 Å². The van der Waals surface area contributed by atoms with Gasteiger partial charge in [0.05, 0.1) is 30.6 Å². The predicted octanol–water partition coefficient (Wildman–Crippen LogP) is 3.94. The van der Waals surface area contributed by atoms with Crippen LogP contribution in [-0.2, 0) is 4.79 Å². The van der Waals surface area contributed by atoms with E-state index in [9.17, 15) is 4.79 Å². The first kappa shape index (κ1) is 22.9. The molecule has 178 valence electrons. The quantitative estimate of drug-likeness (QED) is 0.576. The van der Waals surface area contributed by atoms with Crippen molar-refractivity contribution in [2.75, 3.05) is 18.2 Å². The minimum Gasteiger partial charge on any atom is -0.495 e. The number of amides is 1. The zero-order valence-corrected chi connectivity index (χ0v) is 20.8. The van der Waals surface area contributed by atoms with E-state index in [0.717, 1.165) is 11.6 Å². The first-order valence-electron chi connectivity index (χ1n) is 11.1. The SMILES string of the molecule is COc1ccc(Cl)cc1NC(=O)CSC1=NNC2C3CC(c4cc(C)ccc4C)NN3C=CN12. The third-order valence-corrected chi connectivity index (χ3v) is 7.48. The van der Waals surface area contributed by atoms with E-state index >= 15 is 0 Å². The Morgan fingerprint density at radius 2 is 2.12 bits per heavy atom. The minimum absolute atomic E-state index is 0.00574. The summed E-state index contributed by atoms with van der Waals surface area (Å²) in [5.74, 6) is 0.621. The van der Waals surface area contributed by atoms with Gasteiger partial charge in [0, 0.05) is 17.4 Å². The molecule has 1 fully saturated rings. The second-order valence-corrected chi connectivity index (χ2v) is 9.99. The van der Waals surface area contributed by atoms with E-state index in [1.165, 1.54) is 28.5 Å². The monoisotopic (exact) mass is 498 g/mol. The van der Waals surface area contributed by atoms with Crippen molar-refractivity contribution in [1.82, 2.24) is 20.8 Å². The maximum atomic E-state index is 12.6. The number of carbonyl (C=O) groups excluding carboxylic acids is 1. The van der Waals surface area contributed by atoms with Crippen molar-refractivity contribution in [3.8, 4) is 5.75 Å². The highest BCUT2D eigenvalue weighted by Crippen LogP contribution is 2.36. The Morgan fingerprint density at radius 3 is 2.94 bits per heavy atom. The minimum atomic E-state index is -0.156. The topological polar surface area (TPSA) is 81.2 Å². The molecule has 2 aromatic rings. The molecule has 0 radical (unpaired) electrons. The van der Waals surface area contributed by atoms with Crippen LogP contribution in [0.5, 0.6) is 5.75 Å². The van der Waals surface area contributed by atoms with Crippen LogP contribution < -0.4 is 20.9 Å². The Morgan fingerprint density at radius 1 is 1.26 bits per heavy atom. The Balaban J connectivity index is 1.20. The molecular formula is C24H27ClN6O2S. The second kappa shape index (κ2) is 9.40. The van der Waals surface area contributed by atoms with Gasteiger partial charge in [0.2, 0.25) is 5.91 Å². The number of carbonyl (C=O) groups is 1. The van der Waals surface area contributed by atoms with Crippen molar-refractivity contribution in [2.24, 2.45) is 5.10 Å². The number of halogens is 1. The lowest BCUT2D eigenvalue weighted by molar-refractivity contribution is -0.113. The lowest BCUT2D eigenvalue weighted by Crippen LogP contribution is -2.54. The van der Waals surface area contributed by atoms with E-state index in [4.69, 9.17) is 16.3 Å². The number of benzene rings is 2. The molecule has 5 rings (SSSR count). The number of amidine groups is 1. The normalized spacial score (nSPS) is 22.7. The van der Waals surface area contributed by atoms with E-state index in [1.54, 1.807) is 25.3 Å². The van der Waals surface area contributed by atoms with Crippen LogP contribution in [0, 0.1) is 13.8 Å². The largest absolute Gasteiger partial charge is 0.495 e. The zero-order chi connectivity index (χ0) is 23.8. The number of ether oxygens (including phenoxy) is 1. The van der Waals surface area contributed by atoms with Crippen LogP contribution in [0.4, 0.5) is 5.69 Å². The molecule has 8 nitrogen and oxygen atoms in total. The number of nitrogens with one attached hydrogen (secondary N) is 3. The summed E-state index contributed by atoms with van der Waals surface area (Å²) in [5.41, 5.74) is 11.3. The Hall–Kier alpha value is -2.88. The summed E-state index contributed by atoms with van der Waals surface area (Å²) >= 11 is 7.45. The van der Waals surface area contributed by atoms with Gasteiger partial charge in [-0.3, -0.25) is 10.2 Å². The third-order valence-electron chi connectivity index (χ3n) is 6.28. The zero-order valence-electron chi connectivity index (χ0n) is 19.2. The molecule has 34 heavy (non-hydrogen) atoms. The number of nitrogens with zero attached hydrogens (tertiary/aromatic N) is 3. The molecule has 10 heteroatoms. The Bertz CT molecular complexity index is 1170. The van der Waals surface area contributed by atoms with Crippen molar-refractivity contribution in [3.63, 3.8) is 0 Å². The van der Waals surface area contributed by atoms with Gasteiger partial charge in [-0.15, -0.1) is 0 Å². The lowest BCUT2D eigenvalue weighted by Gasteiger charge is -2.36. The number of hydrogen-bond donors (Lipinski definition) is 3. The van der Waals surface area contributed by atoms with Crippen LogP contribution in [0.25, 0.3) is 0 Å². The van der Waals surface area contributed by atoms with E-state index in [2.05, 4.69) is 63.2 Å². The average Bonchev–Trinajstić information content (AvgIpc) is 3.43. The Labute approximate surface area is 208 Å². The van der Waals surface area contributed by atoms with Crippen molar-refractivity contribution < 1.29 is 9.53 Å². The average molecular weight is 499 g/mol. The molecule has 0 spiro atoms. The molecule has 3 heterocycles. The molecule has 2 aromatic carbocycles. The molecule has 3 atom stereocenters. The molecule has 3 aliphatic heterocycles. The van der Waals surface area contributed by atoms with E-state index in [-0.39, 0.29) is 29.9 Å². The lowest BCUT2D eigenvalue weighted by atomic mass is 9.95. The highest BCUT2D eigenvalue weighted by atomic mass is 35.5. The molecular weight excluding hydrogens is 472 g/mol. The van der Waals surface area contributed by atoms with Gasteiger partial charge in [-0.2, -0.15) is 5.10 Å². The van der Waals surface area contributed by atoms with Gasteiger partial charge in [0.25, 0.3) is 0 Å². The molecule has 0 aliphatic carbocycles. The van der Waals surface area contributed by atoms with Gasteiger partial charge < -0.3 is 20.0 Å². The van der Waals surface area contributed by atoms with Gasteiger partial charge in [0.1, 0.15) is 11.9 Å². The summed E-state index contributed by atoms with van der Waals surface area (Å²) in [5, 5.41) is 10.9. The van der Waals surface area contributed by atoms with Crippen LogP contribution >= 0.6 is 23.4 Å². The molecule has 1 amide bonds. The highest BCUT2D eigenvalue weighted by molar-refractivity contribution is 8.14. The number of hydrazine groups is 1. The number of methoxy groups -OCH3 is 1. The highest BCUT2D eigenvalue weighted by Gasteiger charge is 2.44. The second-order valence-electron chi connectivity index (χ2n) is 8.61. The summed E-state index contributed by atoms with van der Waals surface area (Å²) in [4.78, 5) is 14.7. The standard InChI is InChI=1S/C24H27ClN6O2S/c1-14-4-5-15(2)17(10-14)18-12-20-23-27-28-24(30(23)8-9-31(20)29-18)34-13-22(32)26-19-11-16(25)6-7-21(19)33-3/h4-11,18,20,23,27,29H,12-13H2,1-3H3,(H,26,32). The first-order chi connectivity index (χ1) is 16.4. The summed E-state index contributed by atoms with van der Waals surface area (Å²) < 4.78 is 5.30. The molecule has 0 bridgehead atoms. The summed E-state index contributed by atoms with van der Waals surface area (Å²) in [7, 11) is 1.56. The molecule has 3 N–H and O–H groups in total. The molecule has 3 aliphatic rings. The maximum absolute atomic E-state index is 12.6. The van der Waals surface area contributed by atoms with Crippen molar-refractivity contribution >= 4 is 40.1 Å². The van der Waals surface area contributed by atoms with Crippen LogP contribution in [0.1, 0.15) is 29.2 Å². The van der Waals surface area contributed by atoms with Gasteiger partial charge in [-0.05, 0) is 49.6 Å². The predicted molar refractivity (Wildman–Crippen MR) is 136 cm³/mol. The van der Waals surface area contributed by atoms with Gasteiger partial charge in [-0.1, -0.05) is 47.1 Å². The van der Waals surface area contributed by atoms with Crippen LogP contribution in [0.3, 0.4) is 0 Å². The van der Waals surface area contributed by atoms with Crippen LogP contribution in [0.15, 0.2) is 53.9 Å². The third kappa shape index (κ3) is 4.43. The number of thioether (sulfide) groups is 1. The van der Waals surface area contributed by atoms with E-state index < -0.39 is 0 Å². The fraction of sp³-hybridized carbons (Fsp3) is 0.333. The number of hydrogen-bond acceptors (Lipinski definition) is 8. The molecule has 0 saturated carbocycles. The number of aryl methyl sites for hydroxylation is 2. The van der Waals surface area contributed by atoms with Crippen molar-refractivity contribution in [3.05, 3.63) is 70.5 Å². The molecule has 3 unspecified atom stereocenters. The van der Waals surface area contributed by atoms with E-state index in [0.29, 0.717) is 16.5 Å². The molecule has 0 aromatic heterocycles. The molecule has 1 saturated heterocycles. The first-order valence-corrected chi connectivity index (χ1v) is 12.5. The number of fused-ring (bicyclic) bond motifs is 3. The maximum Gasteiger partial charge on any atom is 0.234 e. The number of hydrazone groups is 1.